The van der Waals surface area contributed by atoms with E-state index in [4.69, 9.17) is 20.6 Å². The van der Waals surface area contributed by atoms with Gasteiger partial charge in [0.25, 0.3) is 0 Å². The van der Waals surface area contributed by atoms with E-state index in [0.29, 0.717) is 19.6 Å². The van der Waals surface area contributed by atoms with Gasteiger partial charge in [-0.15, -0.1) is 12.3 Å². The summed E-state index contributed by atoms with van der Waals surface area (Å²) in [5.74, 6) is 2.09. The van der Waals surface area contributed by atoms with Gasteiger partial charge in [-0.25, -0.2) is 4.79 Å². The lowest BCUT2D eigenvalue weighted by Gasteiger charge is -2.29. The lowest BCUT2D eigenvalue weighted by molar-refractivity contribution is -0.155. The zero-order valence-electron chi connectivity index (χ0n) is 10.5. The third-order valence-corrected chi connectivity index (χ3v) is 2.37. The molecule has 0 aromatic heterocycles. The van der Waals surface area contributed by atoms with Crippen molar-refractivity contribution in [2.75, 3.05) is 13.2 Å². The van der Waals surface area contributed by atoms with Gasteiger partial charge < -0.3 is 14.2 Å². The van der Waals surface area contributed by atoms with Gasteiger partial charge in [-0.1, -0.05) is 20.8 Å². The molecule has 1 rings (SSSR count). The fraction of sp³-hybridized carbons (Fsp3) is 0.615. The molecule has 1 atom stereocenters. The molecule has 1 heterocycles. The molecule has 0 spiro atoms. The van der Waals surface area contributed by atoms with Gasteiger partial charge in [0, 0.05) is 6.42 Å². The Labute approximate surface area is 102 Å². The third kappa shape index (κ3) is 4.03. The average Bonchev–Trinajstić information content (AvgIpc) is 2.28. The number of carbonyl (C=O) groups excluding carboxylic acids is 1. The number of terminal acetylenes is 1. The normalized spacial score (nSPS) is 16.9. The van der Waals surface area contributed by atoms with Gasteiger partial charge in [0.1, 0.15) is 25.6 Å². The fourth-order valence-corrected chi connectivity index (χ4v) is 1.29. The van der Waals surface area contributed by atoms with Gasteiger partial charge >= 0.3 is 5.97 Å². The second-order valence-corrected chi connectivity index (χ2v) is 4.87. The van der Waals surface area contributed by atoms with Crippen LogP contribution in [-0.2, 0) is 19.0 Å². The van der Waals surface area contributed by atoms with Crippen LogP contribution in [0.15, 0.2) is 12.0 Å². The van der Waals surface area contributed by atoms with E-state index in [1.165, 1.54) is 6.26 Å². The molecule has 0 amide bonds. The summed E-state index contributed by atoms with van der Waals surface area (Å²) in [6.07, 6.45) is 6.58. The van der Waals surface area contributed by atoms with Gasteiger partial charge in [0.05, 0.1) is 0 Å². The van der Waals surface area contributed by atoms with Crippen LogP contribution in [0.1, 0.15) is 27.2 Å². The second-order valence-electron chi connectivity index (χ2n) is 4.87. The molecule has 0 fully saturated rings. The van der Waals surface area contributed by atoms with Crippen LogP contribution in [-0.4, -0.2) is 25.3 Å². The summed E-state index contributed by atoms with van der Waals surface area (Å²) in [6, 6.07) is 0. The fourth-order valence-electron chi connectivity index (χ4n) is 1.29. The maximum atomic E-state index is 11.8. The van der Waals surface area contributed by atoms with E-state index in [1.807, 2.05) is 20.8 Å². The number of carbonyl (C=O) groups is 1. The summed E-state index contributed by atoms with van der Waals surface area (Å²) >= 11 is 0. The summed E-state index contributed by atoms with van der Waals surface area (Å²) in [7, 11) is 0. The summed E-state index contributed by atoms with van der Waals surface area (Å²) in [6.45, 7) is 6.71. The molecular weight excluding hydrogens is 220 g/mol. The SMILES string of the molecule is C#CC[C@@H](OC(=O)C1=COCCO1)C(C)(C)C. The van der Waals surface area contributed by atoms with Gasteiger partial charge in [0.2, 0.25) is 5.76 Å². The minimum absolute atomic E-state index is 0.0996. The predicted molar refractivity (Wildman–Crippen MR) is 62.8 cm³/mol. The lowest BCUT2D eigenvalue weighted by Crippen LogP contribution is -2.32. The summed E-state index contributed by atoms with van der Waals surface area (Å²) in [5, 5.41) is 0. The topological polar surface area (TPSA) is 44.8 Å². The van der Waals surface area contributed by atoms with Crippen LogP contribution in [0.25, 0.3) is 0 Å². The Bertz CT molecular complexity index is 343. The van der Waals surface area contributed by atoms with Crippen molar-refractivity contribution in [1.29, 1.82) is 0 Å². The van der Waals surface area contributed by atoms with Gasteiger partial charge in [-0.2, -0.15) is 0 Å². The molecule has 0 radical (unpaired) electrons. The first-order valence-corrected chi connectivity index (χ1v) is 5.54. The standard InChI is InChI=1S/C13H18O4/c1-5-6-11(13(2,3)4)17-12(14)10-9-15-7-8-16-10/h1,9,11H,6-8H2,2-4H3/t11-/m1/s1. The molecule has 0 saturated heterocycles. The Morgan fingerprint density at radius 3 is 2.76 bits per heavy atom. The molecule has 0 bridgehead atoms. The van der Waals surface area contributed by atoms with Crippen LogP contribution >= 0.6 is 0 Å². The molecular formula is C13H18O4. The van der Waals surface area contributed by atoms with Gasteiger partial charge in [-0.05, 0) is 5.41 Å². The van der Waals surface area contributed by atoms with E-state index in [2.05, 4.69) is 5.92 Å². The molecule has 0 saturated carbocycles. The molecule has 94 valence electrons. The molecule has 1 aliphatic rings. The Balaban J connectivity index is 2.64. The number of hydrogen-bond acceptors (Lipinski definition) is 4. The Hall–Kier alpha value is -1.63. The van der Waals surface area contributed by atoms with Crippen LogP contribution in [0.5, 0.6) is 0 Å². The number of esters is 1. The van der Waals surface area contributed by atoms with Crippen LogP contribution in [0.2, 0.25) is 0 Å². The molecule has 4 heteroatoms. The van der Waals surface area contributed by atoms with Crippen LogP contribution in [0.3, 0.4) is 0 Å². The van der Waals surface area contributed by atoms with Crippen molar-refractivity contribution in [2.45, 2.75) is 33.3 Å². The highest BCUT2D eigenvalue weighted by Gasteiger charge is 2.29. The molecule has 0 unspecified atom stereocenters. The van der Waals surface area contributed by atoms with Crippen molar-refractivity contribution >= 4 is 5.97 Å². The monoisotopic (exact) mass is 238 g/mol. The van der Waals surface area contributed by atoms with E-state index >= 15 is 0 Å². The average molecular weight is 238 g/mol. The first kappa shape index (κ1) is 13.4. The quantitative estimate of drug-likeness (QED) is 0.556. The minimum Gasteiger partial charge on any atom is -0.493 e. The van der Waals surface area contributed by atoms with Crippen LogP contribution in [0.4, 0.5) is 0 Å². The molecule has 1 aliphatic heterocycles. The maximum Gasteiger partial charge on any atom is 0.377 e. The van der Waals surface area contributed by atoms with Crippen molar-refractivity contribution in [1.82, 2.24) is 0 Å². The third-order valence-electron chi connectivity index (χ3n) is 2.37. The van der Waals surface area contributed by atoms with E-state index in [0.717, 1.165) is 0 Å². The number of ether oxygens (including phenoxy) is 3. The maximum absolute atomic E-state index is 11.8. The van der Waals surface area contributed by atoms with Crippen molar-refractivity contribution in [3.05, 3.63) is 12.0 Å². The van der Waals surface area contributed by atoms with Crippen LogP contribution < -0.4 is 0 Å². The summed E-state index contributed by atoms with van der Waals surface area (Å²) in [4.78, 5) is 11.8. The van der Waals surface area contributed by atoms with Crippen LogP contribution in [0, 0.1) is 17.8 Å². The molecule has 0 N–H and O–H groups in total. The minimum atomic E-state index is -0.528. The van der Waals surface area contributed by atoms with E-state index in [-0.39, 0.29) is 17.3 Å². The number of hydrogen-bond donors (Lipinski definition) is 0. The second kappa shape index (κ2) is 5.62. The molecule has 0 aromatic carbocycles. The summed E-state index contributed by atoms with van der Waals surface area (Å²) < 4.78 is 15.5. The number of rotatable bonds is 3. The highest BCUT2D eigenvalue weighted by atomic mass is 16.6. The predicted octanol–water partition coefficient (Wildman–Crippen LogP) is 1.86. The Morgan fingerprint density at radius 2 is 2.29 bits per heavy atom. The smallest absolute Gasteiger partial charge is 0.377 e. The first-order valence-electron chi connectivity index (χ1n) is 5.54. The summed E-state index contributed by atoms with van der Waals surface area (Å²) in [5.41, 5.74) is -0.210. The highest BCUT2D eigenvalue weighted by molar-refractivity contribution is 5.86. The van der Waals surface area contributed by atoms with E-state index in [1.54, 1.807) is 0 Å². The molecule has 17 heavy (non-hydrogen) atoms. The van der Waals surface area contributed by atoms with Crippen molar-refractivity contribution in [3.63, 3.8) is 0 Å². The highest BCUT2D eigenvalue weighted by Crippen LogP contribution is 2.25. The van der Waals surface area contributed by atoms with E-state index < -0.39 is 5.97 Å². The van der Waals surface area contributed by atoms with Gasteiger partial charge in [0.15, 0.2) is 0 Å². The first-order chi connectivity index (χ1) is 7.95. The van der Waals surface area contributed by atoms with Crippen molar-refractivity contribution < 1.29 is 19.0 Å². The van der Waals surface area contributed by atoms with Gasteiger partial charge in [-0.3, -0.25) is 0 Å². The van der Waals surface area contributed by atoms with E-state index in [9.17, 15) is 4.79 Å². The lowest BCUT2D eigenvalue weighted by atomic mass is 9.87. The molecule has 0 aliphatic carbocycles. The van der Waals surface area contributed by atoms with Crippen molar-refractivity contribution in [3.8, 4) is 12.3 Å². The molecule has 0 aromatic rings. The Kier molecular flexibility index (Phi) is 4.45. The Morgan fingerprint density at radius 1 is 1.59 bits per heavy atom. The zero-order chi connectivity index (χ0) is 12.9. The van der Waals surface area contributed by atoms with Crippen molar-refractivity contribution in [2.24, 2.45) is 5.41 Å². The largest absolute Gasteiger partial charge is 0.493 e. The zero-order valence-corrected chi connectivity index (χ0v) is 10.5. The molecule has 4 nitrogen and oxygen atoms in total.